The maximum atomic E-state index is 5.57. The highest BCUT2D eigenvalue weighted by Crippen LogP contribution is 2.41. The van der Waals surface area contributed by atoms with E-state index in [9.17, 15) is 0 Å². The fraction of sp³-hybridized carbons (Fsp3) is 0.429. The minimum atomic E-state index is 0. The lowest BCUT2D eigenvalue weighted by atomic mass is 10.1. The van der Waals surface area contributed by atoms with Gasteiger partial charge in [0.05, 0.1) is 0 Å². The van der Waals surface area contributed by atoms with Crippen LogP contribution in [-0.4, -0.2) is 10.1 Å². The number of hydrogen-bond acceptors (Lipinski definition) is 4. The molecule has 1 aliphatic rings. The van der Waals surface area contributed by atoms with Gasteiger partial charge in [-0.1, -0.05) is 36.3 Å². The standard InChI is InChI=1S/C14H17N3O.ClH/c1-9(11-6-7-11)14-16-13(17-18-14)12-4-2-10(8-15)3-5-12;/h2-5,9,11H,6-8,15H2,1H3;1H. The van der Waals surface area contributed by atoms with E-state index in [1.807, 2.05) is 24.3 Å². The number of aromatic nitrogens is 2. The van der Waals surface area contributed by atoms with E-state index < -0.39 is 0 Å². The van der Waals surface area contributed by atoms with Crippen molar-refractivity contribution in [2.45, 2.75) is 32.2 Å². The number of hydrogen-bond donors (Lipinski definition) is 1. The Morgan fingerprint density at radius 1 is 1.32 bits per heavy atom. The molecule has 1 fully saturated rings. The molecule has 1 aromatic carbocycles. The lowest BCUT2D eigenvalue weighted by Crippen LogP contribution is -1.96. The second-order valence-electron chi connectivity index (χ2n) is 4.98. The molecule has 102 valence electrons. The van der Waals surface area contributed by atoms with Gasteiger partial charge in [0.1, 0.15) is 0 Å². The van der Waals surface area contributed by atoms with Gasteiger partial charge < -0.3 is 10.3 Å². The predicted molar refractivity (Wildman–Crippen MR) is 76.0 cm³/mol. The van der Waals surface area contributed by atoms with Gasteiger partial charge in [0.2, 0.25) is 11.7 Å². The van der Waals surface area contributed by atoms with Crippen molar-refractivity contribution in [3.63, 3.8) is 0 Å². The van der Waals surface area contributed by atoms with Crippen molar-refractivity contribution in [2.24, 2.45) is 11.7 Å². The van der Waals surface area contributed by atoms with Crippen LogP contribution in [0, 0.1) is 5.92 Å². The molecular formula is C14H18ClN3O. The quantitative estimate of drug-likeness (QED) is 0.934. The third-order valence-electron chi connectivity index (χ3n) is 3.61. The van der Waals surface area contributed by atoms with Crippen LogP contribution in [-0.2, 0) is 6.54 Å². The topological polar surface area (TPSA) is 64.9 Å². The van der Waals surface area contributed by atoms with Crippen LogP contribution in [0.15, 0.2) is 28.8 Å². The molecule has 5 heteroatoms. The SMILES string of the molecule is CC(c1nc(-c2ccc(CN)cc2)no1)C1CC1.Cl. The second-order valence-corrected chi connectivity index (χ2v) is 4.98. The van der Waals surface area contributed by atoms with E-state index in [1.165, 1.54) is 12.8 Å². The zero-order chi connectivity index (χ0) is 12.5. The number of nitrogens with two attached hydrogens (primary N) is 1. The molecule has 0 saturated heterocycles. The molecule has 0 spiro atoms. The van der Waals surface area contributed by atoms with Gasteiger partial charge >= 0.3 is 0 Å². The first kappa shape index (κ1) is 14.0. The summed E-state index contributed by atoms with van der Waals surface area (Å²) in [6.45, 7) is 2.71. The van der Waals surface area contributed by atoms with Crippen molar-refractivity contribution < 1.29 is 4.52 Å². The summed E-state index contributed by atoms with van der Waals surface area (Å²) in [6.07, 6.45) is 2.56. The summed E-state index contributed by atoms with van der Waals surface area (Å²) >= 11 is 0. The molecule has 0 aliphatic heterocycles. The molecule has 0 bridgehead atoms. The Bertz CT molecular complexity index is 534. The van der Waals surface area contributed by atoms with Crippen molar-refractivity contribution >= 4 is 12.4 Å². The summed E-state index contributed by atoms with van der Waals surface area (Å²) in [5.74, 6) is 2.55. The van der Waals surface area contributed by atoms with Gasteiger partial charge in [-0.3, -0.25) is 0 Å². The number of halogens is 1. The van der Waals surface area contributed by atoms with E-state index in [0.717, 1.165) is 22.9 Å². The van der Waals surface area contributed by atoms with Gasteiger partial charge in [-0.15, -0.1) is 12.4 Å². The molecule has 3 rings (SSSR count). The zero-order valence-electron chi connectivity index (χ0n) is 10.9. The number of rotatable bonds is 4. The first-order chi connectivity index (χ1) is 8.78. The minimum absolute atomic E-state index is 0. The van der Waals surface area contributed by atoms with Crippen LogP contribution < -0.4 is 5.73 Å². The monoisotopic (exact) mass is 279 g/mol. The molecule has 19 heavy (non-hydrogen) atoms. The molecule has 1 saturated carbocycles. The van der Waals surface area contributed by atoms with E-state index in [2.05, 4.69) is 17.1 Å². The zero-order valence-corrected chi connectivity index (χ0v) is 11.7. The summed E-state index contributed by atoms with van der Waals surface area (Å²) in [5.41, 5.74) is 7.66. The van der Waals surface area contributed by atoms with Crippen LogP contribution >= 0.6 is 12.4 Å². The van der Waals surface area contributed by atoms with E-state index in [-0.39, 0.29) is 12.4 Å². The highest BCUT2D eigenvalue weighted by atomic mass is 35.5. The molecule has 1 heterocycles. The molecule has 0 amide bonds. The fourth-order valence-electron chi connectivity index (χ4n) is 2.13. The molecule has 1 aromatic heterocycles. The van der Waals surface area contributed by atoms with Gasteiger partial charge in [0, 0.05) is 18.0 Å². The third-order valence-corrected chi connectivity index (χ3v) is 3.61. The third kappa shape index (κ3) is 2.96. The van der Waals surface area contributed by atoms with E-state index >= 15 is 0 Å². The normalized spacial score (nSPS) is 15.9. The van der Waals surface area contributed by atoms with Crippen LogP contribution in [0.5, 0.6) is 0 Å². The minimum Gasteiger partial charge on any atom is -0.339 e. The maximum absolute atomic E-state index is 5.57. The van der Waals surface area contributed by atoms with Gasteiger partial charge in [-0.2, -0.15) is 4.98 Å². The van der Waals surface area contributed by atoms with E-state index in [1.54, 1.807) is 0 Å². The first-order valence-corrected chi connectivity index (χ1v) is 6.41. The van der Waals surface area contributed by atoms with Crippen molar-refractivity contribution in [1.29, 1.82) is 0 Å². The van der Waals surface area contributed by atoms with Crippen LogP contribution in [0.3, 0.4) is 0 Å². The van der Waals surface area contributed by atoms with Crippen LogP contribution in [0.1, 0.15) is 37.1 Å². The average Bonchev–Trinajstić information content (AvgIpc) is 3.15. The molecular weight excluding hydrogens is 262 g/mol. The summed E-state index contributed by atoms with van der Waals surface area (Å²) in [7, 11) is 0. The van der Waals surface area contributed by atoms with E-state index in [0.29, 0.717) is 18.3 Å². The highest BCUT2D eigenvalue weighted by Gasteiger charge is 2.32. The molecule has 4 nitrogen and oxygen atoms in total. The van der Waals surface area contributed by atoms with Crippen LogP contribution in [0.25, 0.3) is 11.4 Å². The van der Waals surface area contributed by atoms with Crippen LogP contribution in [0.2, 0.25) is 0 Å². The second kappa shape index (κ2) is 5.72. The molecule has 1 atom stereocenters. The average molecular weight is 280 g/mol. The summed E-state index contributed by atoms with van der Waals surface area (Å²) < 4.78 is 5.35. The first-order valence-electron chi connectivity index (χ1n) is 6.41. The highest BCUT2D eigenvalue weighted by molar-refractivity contribution is 5.85. The van der Waals surface area contributed by atoms with Gasteiger partial charge in [-0.25, -0.2) is 0 Å². The van der Waals surface area contributed by atoms with Crippen molar-refractivity contribution in [3.05, 3.63) is 35.7 Å². The van der Waals surface area contributed by atoms with Gasteiger partial charge in [-0.05, 0) is 24.3 Å². The Hall–Kier alpha value is -1.39. The summed E-state index contributed by atoms with van der Waals surface area (Å²) in [5, 5.41) is 4.06. The Labute approximate surface area is 118 Å². The lowest BCUT2D eigenvalue weighted by molar-refractivity contribution is 0.349. The Kier molecular flexibility index (Phi) is 4.22. The number of nitrogens with zero attached hydrogens (tertiary/aromatic N) is 2. The van der Waals surface area contributed by atoms with E-state index in [4.69, 9.17) is 10.3 Å². The molecule has 2 N–H and O–H groups in total. The van der Waals surface area contributed by atoms with Crippen LogP contribution in [0.4, 0.5) is 0 Å². The van der Waals surface area contributed by atoms with Crippen molar-refractivity contribution in [3.8, 4) is 11.4 Å². The Balaban J connectivity index is 0.00000133. The Morgan fingerprint density at radius 2 is 2.00 bits per heavy atom. The smallest absolute Gasteiger partial charge is 0.230 e. The van der Waals surface area contributed by atoms with Gasteiger partial charge in [0.25, 0.3) is 0 Å². The molecule has 1 aliphatic carbocycles. The van der Waals surface area contributed by atoms with Crippen molar-refractivity contribution in [2.75, 3.05) is 0 Å². The van der Waals surface area contributed by atoms with Gasteiger partial charge in [0.15, 0.2) is 0 Å². The molecule has 1 unspecified atom stereocenters. The largest absolute Gasteiger partial charge is 0.339 e. The Morgan fingerprint density at radius 3 is 2.58 bits per heavy atom. The lowest BCUT2D eigenvalue weighted by Gasteiger charge is -2.01. The maximum Gasteiger partial charge on any atom is 0.230 e. The number of benzene rings is 1. The summed E-state index contributed by atoms with van der Waals surface area (Å²) in [6, 6.07) is 7.96. The fourth-order valence-corrected chi connectivity index (χ4v) is 2.13. The molecule has 0 radical (unpaired) electrons. The van der Waals surface area contributed by atoms with Crippen molar-refractivity contribution in [1.82, 2.24) is 10.1 Å². The predicted octanol–water partition coefficient (Wildman–Crippen LogP) is 3.13. The molecule has 2 aromatic rings. The summed E-state index contributed by atoms with van der Waals surface area (Å²) in [4.78, 5) is 4.49.